The molecule has 0 spiro atoms. The van der Waals surface area contributed by atoms with Crippen LogP contribution in [0.1, 0.15) is 38.8 Å². The largest absolute Gasteiger partial charge is 0.497 e. The maximum Gasteiger partial charge on any atom is 0.234 e. The maximum absolute atomic E-state index is 13.0. The SMILES string of the molecule is CCN(CC(=O)NCc1ccc(F)cc1)C[C@@H](O)COc1ccc(OC)cc1C(C)(C)C. The molecule has 0 fully saturated rings. The van der Waals surface area contributed by atoms with E-state index in [-0.39, 0.29) is 30.3 Å². The fourth-order valence-electron chi connectivity index (χ4n) is 3.25. The first-order chi connectivity index (χ1) is 15.1. The van der Waals surface area contributed by atoms with E-state index in [1.807, 2.05) is 30.0 Å². The van der Waals surface area contributed by atoms with E-state index in [2.05, 4.69) is 26.1 Å². The van der Waals surface area contributed by atoms with Crippen molar-refractivity contribution in [1.29, 1.82) is 0 Å². The van der Waals surface area contributed by atoms with E-state index < -0.39 is 6.10 Å². The van der Waals surface area contributed by atoms with E-state index in [4.69, 9.17) is 9.47 Å². The lowest BCUT2D eigenvalue weighted by molar-refractivity contribution is -0.122. The quantitative estimate of drug-likeness (QED) is 0.553. The molecule has 2 rings (SSSR count). The van der Waals surface area contributed by atoms with Gasteiger partial charge in [0, 0.05) is 18.7 Å². The summed E-state index contributed by atoms with van der Waals surface area (Å²) in [6.07, 6.45) is -0.755. The van der Waals surface area contributed by atoms with Crippen LogP contribution in [0, 0.1) is 5.82 Å². The Bertz CT molecular complexity index is 865. The van der Waals surface area contributed by atoms with Gasteiger partial charge in [0.1, 0.15) is 30.0 Å². The van der Waals surface area contributed by atoms with Gasteiger partial charge in [-0.15, -0.1) is 0 Å². The molecule has 1 atom stereocenters. The molecule has 0 aliphatic carbocycles. The molecule has 0 saturated carbocycles. The normalized spacial score (nSPS) is 12.5. The molecule has 2 aromatic carbocycles. The molecule has 0 aromatic heterocycles. The molecule has 6 nitrogen and oxygen atoms in total. The Morgan fingerprint density at radius 3 is 2.47 bits per heavy atom. The van der Waals surface area contributed by atoms with Crippen LogP contribution >= 0.6 is 0 Å². The molecule has 32 heavy (non-hydrogen) atoms. The minimum Gasteiger partial charge on any atom is -0.497 e. The molecule has 0 unspecified atom stereocenters. The van der Waals surface area contributed by atoms with Crippen LogP contribution in [-0.2, 0) is 16.8 Å². The van der Waals surface area contributed by atoms with Crippen molar-refractivity contribution in [2.75, 3.05) is 33.4 Å². The number of aliphatic hydroxyl groups is 1. The Balaban J connectivity index is 1.86. The molecule has 0 radical (unpaired) electrons. The molecular formula is C25H35FN2O4. The highest BCUT2D eigenvalue weighted by Crippen LogP contribution is 2.34. The number of likely N-dealkylation sites (N-methyl/N-ethyl adjacent to an activating group) is 1. The first-order valence-electron chi connectivity index (χ1n) is 10.8. The summed E-state index contributed by atoms with van der Waals surface area (Å²) in [6, 6.07) is 11.6. The highest BCUT2D eigenvalue weighted by Gasteiger charge is 2.21. The van der Waals surface area contributed by atoms with Gasteiger partial charge in [-0.05, 0) is 47.9 Å². The van der Waals surface area contributed by atoms with Crippen LogP contribution in [0.15, 0.2) is 42.5 Å². The van der Waals surface area contributed by atoms with E-state index in [0.29, 0.717) is 25.4 Å². The third-order valence-electron chi connectivity index (χ3n) is 5.11. The van der Waals surface area contributed by atoms with Crippen LogP contribution in [-0.4, -0.2) is 55.4 Å². The smallest absolute Gasteiger partial charge is 0.234 e. The minimum atomic E-state index is -0.755. The highest BCUT2D eigenvalue weighted by atomic mass is 19.1. The number of methoxy groups -OCH3 is 1. The second-order valence-corrected chi connectivity index (χ2v) is 8.81. The molecule has 1 amide bonds. The summed E-state index contributed by atoms with van der Waals surface area (Å²) in [4.78, 5) is 14.1. The van der Waals surface area contributed by atoms with E-state index in [1.165, 1.54) is 12.1 Å². The molecule has 0 saturated heterocycles. The molecule has 0 bridgehead atoms. The maximum atomic E-state index is 13.0. The number of benzene rings is 2. The minimum absolute atomic E-state index is 0.114. The van der Waals surface area contributed by atoms with Crippen molar-refractivity contribution in [3.05, 3.63) is 59.4 Å². The monoisotopic (exact) mass is 446 g/mol. The fourth-order valence-corrected chi connectivity index (χ4v) is 3.25. The number of carbonyl (C=O) groups is 1. The Labute approximate surface area is 190 Å². The van der Waals surface area contributed by atoms with Crippen molar-refractivity contribution < 1.29 is 23.8 Å². The number of hydrogen-bond acceptors (Lipinski definition) is 5. The van der Waals surface area contributed by atoms with E-state index >= 15 is 0 Å². The molecule has 7 heteroatoms. The number of carbonyl (C=O) groups excluding carboxylic acids is 1. The molecule has 2 aromatic rings. The lowest BCUT2D eigenvalue weighted by Crippen LogP contribution is -2.42. The lowest BCUT2D eigenvalue weighted by Gasteiger charge is -2.26. The van der Waals surface area contributed by atoms with Crippen molar-refractivity contribution in [2.45, 2.75) is 45.8 Å². The summed E-state index contributed by atoms with van der Waals surface area (Å²) in [5, 5.41) is 13.3. The van der Waals surface area contributed by atoms with Crippen LogP contribution in [0.3, 0.4) is 0 Å². The van der Waals surface area contributed by atoms with Crippen LogP contribution in [0.2, 0.25) is 0 Å². The summed E-state index contributed by atoms with van der Waals surface area (Å²) in [7, 11) is 1.63. The predicted octanol–water partition coefficient (Wildman–Crippen LogP) is 3.51. The Morgan fingerprint density at radius 2 is 1.88 bits per heavy atom. The van der Waals surface area contributed by atoms with Crippen LogP contribution in [0.5, 0.6) is 11.5 Å². The van der Waals surface area contributed by atoms with Gasteiger partial charge in [-0.3, -0.25) is 9.69 Å². The van der Waals surface area contributed by atoms with Crippen LogP contribution in [0.4, 0.5) is 4.39 Å². The van der Waals surface area contributed by atoms with Crippen molar-refractivity contribution >= 4 is 5.91 Å². The van der Waals surface area contributed by atoms with E-state index in [1.54, 1.807) is 19.2 Å². The second kappa shape index (κ2) is 11.8. The number of aliphatic hydroxyl groups excluding tert-OH is 1. The van der Waals surface area contributed by atoms with Gasteiger partial charge in [0.05, 0.1) is 13.7 Å². The zero-order valence-electron chi connectivity index (χ0n) is 19.7. The number of nitrogens with one attached hydrogen (secondary N) is 1. The summed E-state index contributed by atoms with van der Waals surface area (Å²) in [5.41, 5.74) is 1.68. The first kappa shape index (κ1) is 25.6. The number of amides is 1. The van der Waals surface area contributed by atoms with E-state index in [0.717, 1.165) is 16.9 Å². The van der Waals surface area contributed by atoms with Gasteiger partial charge < -0.3 is 19.9 Å². The van der Waals surface area contributed by atoms with Crippen molar-refractivity contribution in [2.24, 2.45) is 0 Å². The summed E-state index contributed by atoms with van der Waals surface area (Å²) in [6.45, 7) is 9.72. The third kappa shape index (κ3) is 8.13. The van der Waals surface area contributed by atoms with Gasteiger partial charge in [-0.2, -0.15) is 0 Å². The Kier molecular flexibility index (Phi) is 9.47. The van der Waals surface area contributed by atoms with Crippen molar-refractivity contribution in [1.82, 2.24) is 10.2 Å². The third-order valence-corrected chi connectivity index (χ3v) is 5.11. The molecule has 0 aliphatic heterocycles. The van der Waals surface area contributed by atoms with Crippen LogP contribution in [0.25, 0.3) is 0 Å². The van der Waals surface area contributed by atoms with Gasteiger partial charge in [0.25, 0.3) is 0 Å². The summed E-state index contributed by atoms with van der Waals surface area (Å²) < 4.78 is 24.2. The van der Waals surface area contributed by atoms with Crippen LogP contribution < -0.4 is 14.8 Å². The number of halogens is 1. The summed E-state index contributed by atoms with van der Waals surface area (Å²) >= 11 is 0. The van der Waals surface area contributed by atoms with Gasteiger partial charge in [0.2, 0.25) is 5.91 Å². The number of ether oxygens (including phenoxy) is 2. The molecule has 176 valence electrons. The van der Waals surface area contributed by atoms with Crippen molar-refractivity contribution in [3.8, 4) is 11.5 Å². The standard InChI is InChI=1S/C25H35FN2O4/c1-6-28(16-24(30)27-14-18-7-9-19(26)10-8-18)15-20(29)17-32-23-12-11-21(31-5)13-22(23)25(2,3)4/h7-13,20,29H,6,14-17H2,1-5H3,(H,27,30)/t20-/m1/s1. The van der Waals surface area contributed by atoms with Gasteiger partial charge in [-0.1, -0.05) is 39.8 Å². The zero-order valence-corrected chi connectivity index (χ0v) is 19.7. The van der Waals surface area contributed by atoms with Gasteiger partial charge in [-0.25, -0.2) is 4.39 Å². The highest BCUT2D eigenvalue weighted by molar-refractivity contribution is 5.78. The number of nitrogens with zero attached hydrogens (tertiary/aromatic N) is 1. The van der Waals surface area contributed by atoms with Gasteiger partial charge in [0.15, 0.2) is 0 Å². The molecule has 0 heterocycles. The summed E-state index contributed by atoms with van der Waals surface area (Å²) in [5.74, 6) is 0.997. The first-order valence-corrected chi connectivity index (χ1v) is 10.8. The van der Waals surface area contributed by atoms with Gasteiger partial charge >= 0.3 is 0 Å². The zero-order chi connectivity index (χ0) is 23.7. The Morgan fingerprint density at radius 1 is 1.19 bits per heavy atom. The fraction of sp³-hybridized carbons (Fsp3) is 0.480. The Hall–Kier alpha value is -2.64. The van der Waals surface area contributed by atoms with Crippen molar-refractivity contribution in [3.63, 3.8) is 0 Å². The van der Waals surface area contributed by atoms with E-state index in [9.17, 15) is 14.3 Å². The second-order valence-electron chi connectivity index (χ2n) is 8.81. The molecule has 0 aliphatic rings. The predicted molar refractivity (Wildman–Crippen MR) is 124 cm³/mol. The number of hydrogen-bond donors (Lipinski definition) is 2. The number of rotatable bonds is 11. The molecular weight excluding hydrogens is 411 g/mol. The topological polar surface area (TPSA) is 71.0 Å². The lowest BCUT2D eigenvalue weighted by atomic mass is 9.86. The molecule has 2 N–H and O–H groups in total. The average Bonchev–Trinajstić information content (AvgIpc) is 2.76. The average molecular weight is 447 g/mol.